The Labute approximate surface area is 212 Å². The number of carboxylic acid groups (broad SMARTS) is 1. The fourth-order valence-corrected chi connectivity index (χ4v) is 4.56. The predicted octanol–water partition coefficient (Wildman–Crippen LogP) is 5.43. The Hall–Kier alpha value is -2.63. The largest absolute Gasteiger partial charge is 0.478 e. The summed E-state index contributed by atoms with van der Waals surface area (Å²) in [7, 11) is 1.70. The highest BCUT2D eigenvalue weighted by atomic mass is 16.4. The van der Waals surface area contributed by atoms with Crippen molar-refractivity contribution in [3.05, 3.63) is 47.5 Å². The monoisotopic (exact) mass is 486 g/mol. The van der Waals surface area contributed by atoms with Crippen LogP contribution < -0.4 is 5.32 Å². The number of likely N-dealkylation sites (N-methyl/N-ethyl adjacent to an activating group) is 1. The summed E-state index contributed by atoms with van der Waals surface area (Å²) >= 11 is 0. The zero-order valence-electron chi connectivity index (χ0n) is 23.3. The summed E-state index contributed by atoms with van der Waals surface area (Å²) in [5, 5.41) is 12.5. The van der Waals surface area contributed by atoms with E-state index in [1.54, 1.807) is 18.0 Å². The van der Waals surface area contributed by atoms with Crippen molar-refractivity contribution < 1.29 is 19.5 Å². The number of aliphatic carboxylic acids is 1. The van der Waals surface area contributed by atoms with Gasteiger partial charge in [-0.3, -0.25) is 9.59 Å². The molecule has 0 radical (unpaired) electrons. The van der Waals surface area contributed by atoms with E-state index in [1.807, 2.05) is 71.9 Å². The lowest BCUT2D eigenvalue weighted by Crippen LogP contribution is -2.58. The van der Waals surface area contributed by atoms with Crippen LogP contribution in [0.2, 0.25) is 0 Å². The van der Waals surface area contributed by atoms with Crippen LogP contribution in [0.15, 0.2) is 42.0 Å². The summed E-state index contributed by atoms with van der Waals surface area (Å²) in [4.78, 5) is 40.5. The van der Waals surface area contributed by atoms with E-state index in [0.717, 1.165) is 12.0 Å². The van der Waals surface area contributed by atoms with E-state index >= 15 is 0 Å². The maximum atomic E-state index is 13.8. The third-order valence-corrected chi connectivity index (χ3v) is 7.29. The number of amides is 2. The zero-order chi connectivity index (χ0) is 27.1. The first-order valence-electron chi connectivity index (χ1n) is 12.6. The van der Waals surface area contributed by atoms with Gasteiger partial charge in [-0.2, -0.15) is 0 Å². The molecule has 4 atom stereocenters. The fraction of sp³-hybridized carbons (Fsp3) is 0.621. The second-order valence-electron chi connectivity index (χ2n) is 11.3. The highest BCUT2D eigenvalue weighted by Gasteiger charge is 2.41. The van der Waals surface area contributed by atoms with Crippen LogP contribution >= 0.6 is 0 Å². The summed E-state index contributed by atoms with van der Waals surface area (Å²) in [5.74, 6) is -1.66. The lowest BCUT2D eigenvalue weighted by atomic mass is 9.71. The smallest absolute Gasteiger partial charge is 0.331 e. The molecule has 1 aromatic carbocycles. The molecule has 6 nitrogen and oxygen atoms in total. The van der Waals surface area contributed by atoms with Crippen LogP contribution in [0.3, 0.4) is 0 Å². The second kappa shape index (κ2) is 12.4. The van der Waals surface area contributed by atoms with Gasteiger partial charge in [0.1, 0.15) is 6.04 Å². The molecule has 0 saturated heterocycles. The van der Waals surface area contributed by atoms with E-state index in [-0.39, 0.29) is 29.2 Å². The summed E-state index contributed by atoms with van der Waals surface area (Å²) in [6.07, 6.45) is 3.05. The minimum absolute atomic E-state index is 0.0509. The van der Waals surface area contributed by atoms with Gasteiger partial charge in [0, 0.05) is 24.0 Å². The van der Waals surface area contributed by atoms with Crippen molar-refractivity contribution in [3.8, 4) is 0 Å². The highest BCUT2D eigenvalue weighted by Crippen LogP contribution is 2.35. The van der Waals surface area contributed by atoms with E-state index in [4.69, 9.17) is 0 Å². The molecule has 0 saturated carbocycles. The molecule has 196 valence electrons. The zero-order valence-corrected chi connectivity index (χ0v) is 23.3. The Morgan fingerprint density at radius 3 is 2.00 bits per heavy atom. The lowest BCUT2D eigenvalue weighted by molar-refractivity contribution is -0.141. The Bertz CT molecular complexity index is 899. The van der Waals surface area contributed by atoms with Crippen molar-refractivity contribution in [1.82, 2.24) is 10.2 Å². The number of carbonyl (C=O) groups excluding carboxylic acids is 2. The maximum Gasteiger partial charge on any atom is 0.331 e. The number of hydrogen-bond donors (Lipinski definition) is 2. The van der Waals surface area contributed by atoms with Gasteiger partial charge in [0.2, 0.25) is 11.8 Å². The molecule has 0 aliphatic carbocycles. The lowest BCUT2D eigenvalue weighted by Gasteiger charge is -2.40. The number of benzene rings is 1. The molecule has 0 fully saturated rings. The van der Waals surface area contributed by atoms with Gasteiger partial charge >= 0.3 is 5.97 Å². The molecule has 2 amide bonds. The molecular formula is C29H46N2O4. The van der Waals surface area contributed by atoms with Crippen LogP contribution in [0, 0.1) is 17.3 Å². The van der Waals surface area contributed by atoms with E-state index in [2.05, 4.69) is 19.2 Å². The second-order valence-corrected chi connectivity index (χ2v) is 11.3. The van der Waals surface area contributed by atoms with E-state index < -0.39 is 28.9 Å². The van der Waals surface area contributed by atoms with E-state index in [9.17, 15) is 19.5 Å². The van der Waals surface area contributed by atoms with Crippen LogP contribution in [0.1, 0.15) is 80.7 Å². The standard InChI is InChI=1S/C29H46N2O4/c1-11-19(3)23(18-20(4)27(34)35)31(10)26(33)24(28(5,6)7)30-25(32)22(12-2)29(8,9)21-16-14-13-15-17-21/h13-19,22-24H,11-12H2,1-10H3,(H,30,32)(H,34,35)/b20-18+/t19?,22-,23-,24-/m1/s1. The summed E-state index contributed by atoms with van der Waals surface area (Å²) in [6, 6.07) is 8.81. The molecule has 0 aliphatic heterocycles. The van der Waals surface area contributed by atoms with Gasteiger partial charge in [-0.15, -0.1) is 0 Å². The first-order valence-corrected chi connectivity index (χ1v) is 12.6. The molecule has 1 unspecified atom stereocenters. The number of carbonyl (C=O) groups is 3. The summed E-state index contributed by atoms with van der Waals surface area (Å²) in [5.41, 5.74) is 0.311. The Morgan fingerprint density at radius 2 is 1.57 bits per heavy atom. The minimum atomic E-state index is -1.01. The van der Waals surface area contributed by atoms with E-state index in [0.29, 0.717) is 6.42 Å². The molecule has 1 aromatic rings. The third-order valence-electron chi connectivity index (χ3n) is 7.29. The number of nitrogens with one attached hydrogen (secondary N) is 1. The van der Waals surface area contributed by atoms with Crippen LogP contribution in [-0.2, 0) is 19.8 Å². The van der Waals surface area contributed by atoms with E-state index in [1.165, 1.54) is 6.92 Å². The van der Waals surface area contributed by atoms with Crippen LogP contribution in [0.4, 0.5) is 0 Å². The first kappa shape index (κ1) is 30.4. The van der Waals surface area contributed by atoms with Crippen LogP contribution in [0.5, 0.6) is 0 Å². The topological polar surface area (TPSA) is 86.7 Å². The van der Waals surface area contributed by atoms with Crippen molar-refractivity contribution in [2.24, 2.45) is 17.3 Å². The van der Waals surface area contributed by atoms with Crippen molar-refractivity contribution in [3.63, 3.8) is 0 Å². The number of carboxylic acids is 1. The molecule has 0 aromatic heterocycles. The molecule has 0 aliphatic rings. The number of rotatable bonds is 11. The molecule has 35 heavy (non-hydrogen) atoms. The van der Waals surface area contributed by atoms with Gasteiger partial charge in [0.25, 0.3) is 0 Å². The fourth-order valence-electron chi connectivity index (χ4n) is 4.56. The molecule has 6 heteroatoms. The maximum absolute atomic E-state index is 13.8. The number of nitrogens with zero attached hydrogens (tertiary/aromatic N) is 1. The van der Waals surface area contributed by atoms with Gasteiger partial charge in [-0.1, -0.05) is 98.2 Å². The van der Waals surface area contributed by atoms with Gasteiger partial charge in [-0.05, 0) is 30.2 Å². The van der Waals surface area contributed by atoms with Gasteiger partial charge in [-0.25, -0.2) is 4.79 Å². The first-order chi connectivity index (χ1) is 16.1. The summed E-state index contributed by atoms with van der Waals surface area (Å²) in [6.45, 7) is 17.5. The van der Waals surface area contributed by atoms with Gasteiger partial charge in [0.05, 0.1) is 6.04 Å². The molecule has 0 bridgehead atoms. The average molecular weight is 487 g/mol. The van der Waals surface area contributed by atoms with Gasteiger partial charge < -0.3 is 15.3 Å². The van der Waals surface area contributed by atoms with Crippen LogP contribution in [0.25, 0.3) is 0 Å². The minimum Gasteiger partial charge on any atom is -0.478 e. The Kier molecular flexibility index (Phi) is 10.7. The summed E-state index contributed by atoms with van der Waals surface area (Å²) < 4.78 is 0. The Balaban J connectivity index is 3.32. The SMILES string of the molecule is CCC(C)[C@@H](/C=C(\C)C(=O)O)N(C)C(=O)[C@@H](NC(=O)[C@@H](CC)C(C)(C)c1ccccc1)C(C)(C)C. The quantitative estimate of drug-likeness (QED) is 0.409. The van der Waals surface area contributed by atoms with Gasteiger partial charge in [0.15, 0.2) is 0 Å². The van der Waals surface area contributed by atoms with Crippen molar-refractivity contribution >= 4 is 17.8 Å². The molecule has 0 spiro atoms. The normalized spacial score (nSPS) is 16.1. The molecule has 2 N–H and O–H groups in total. The van der Waals surface area contributed by atoms with Crippen LogP contribution in [-0.4, -0.2) is 46.9 Å². The van der Waals surface area contributed by atoms with Crippen molar-refractivity contribution in [1.29, 1.82) is 0 Å². The molecule has 0 heterocycles. The van der Waals surface area contributed by atoms with Crippen molar-refractivity contribution in [2.45, 2.75) is 92.7 Å². The molecule has 1 rings (SSSR count). The Morgan fingerprint density at radius 1 is 1.03 bits per heavy atom. The average Bonchev–Trinajstić information content (AvgIpc) is 2.79. The predicted molar refractivity (Wildman–Crippen MR) is 142 cm³/mol. The number of hydrogen-bond acceptors (Lipinski definition) is 3. The third kappa shape index (κ3) is 7.68. The van der Waals surface area contributed by atoms with Crippen molar-refractivity contribution in [2.75, 3.05) is 7.05 Å². The highest BCUT2D eigenvalue weighted by molar-refractivity contribution is 5.90. The molecular weight excluding hydrogens is 440 g/mol.